The van der Waals surface area contributed by atoms with Crippen molar-refractivity contribution in [3.8, 4) is 0 Å². The summed E-state index contributed by atoms with van der Waals surface area (Å²) < 4.78 is 28.2. The Morgan fingerprint density at radius 2 is 1.90 bits per heavy atom. The monoisotopic (exact) mass is 382 g/mol. The maximum atomic E-state index is 12.4. The van der Waals surface area contributed by atoms with Crippen LogP contribution in [-0.4, -0.2) is 21.0 Å². The Morgan fingerprint density at radius 3 is 2.55 bits per heavy atom. The molecule has 20 heavy (non-hydrogen) atoms. The third-order valence-corrected chi connectivity index (χ3v) is 6.15. The Bertz CT molecular complexity index is 539. The third kappa shape index (κ3) is 4.18. The summed E-state index contributed by atoms with van der Waals surface area (Å²) in [6.07, 6.45) is 4.06. The van der Waals surface area contributed by atoms with Crippen LogP contribution in [0.4, 0.5) is 0 Å². The fourth-order valence-electron chi connectivity index (χ4n) is 2.57. The van der Waals surface area contributed by atoms with E-state index in [2.05, 4.69) is 20.7 Å². The van der Waals surface area contributed by atoms with Crippen molar-refractivity contribution in [3.63, 3.8) is 0 Å². The second-order valence-corrected chi connectivity index (χ2v) is 7.48. The minimum absolute atomic E-state index is 0. The first-order chi connectivity index (χ1) is 9.04. The molecular formula is C13H20BrClN2O2S. The van der Waals surface area contributed by atoms with Crippen molar-refractivity contribution in [3.05, 3.63) is 28.7 Å². The highest BCUT2D eigenvalue weighted by atomic mass is 79.9. The fourth-order valence-corrected chi connectivity index (χ4v) is 4.91. The summed E-state index contributed by atoms with van der Waals surface area (Å²) in [5.74, 6) is 0.242. The van der Waals surface area contributed by atoms with Gasteiger partial charge in [-0.2, -0.15) is 0 Å². The molecule has 2 atom stereocenters. The molecule has 0 aliphatic heterocycles. The number of hydrogen-bond donors (Lipinski definition) is 2. The van der Waals surface area contributed by atoms with Crippen LogP contribution in [0.2, 0.25) is 0 Å². The van der Waals surface area contributed by atoms with Gasteiger partial charge in [-0.3, -0.25) is 0 Å². The molecule has 1 aliphatic carbocycles. The zero-order valence-corrected chi connectivity index (χ0v) is 14.3. The van der Waals surface area contributed by atoms with Gasteiger partial charge in [-0.25, -0.2) is 13.1 Å². The van der Waals surface area contributed by atoms with Crippen LogP contribution in [0.25, 0.3) is 0 Å². The third-order valence-electron chi connectivity index (χ3n) is 3.64. The maximum Gasteiger partial charge on any atom is 0.241 e. The van der Waals surface area contributed by atoms with Crippen molar-refractivity contribution in [1.29, 1.82) is 0 Å². The van der Waals surface area contributed by atoms with Crippen LogP contribution < -0.4 is 10.5 Å². The van der Waals surface area contributed by atoms with Gasteiger partial charge in [0.2, 0.25) is 10.0 Å². The lowest BCUT2D eigenvalue weighted by molar-refractivity contribution is 0.296. The molecule has 1 aromatic rings. The lowest BCUT2D eigenvalue weighted by atomic mass is 9.85. The molecule has 0 heterocycles. The van der Waals surface area contributed by atoms with Gasteiger partial charge >= 0.3 is 0 Å². The van der Waals surface area contributed by atoms with E-state index in [-0.39, 0.29) is 29.3 Å². The zero-order valence-electron chi connectivity index (χ0n) is 11.1. The highest BCUT2D eigenvalue weighted by Crippen LogP contribution is 2.27. The van der Waals surface area contributed by atoms with E-state index in [9.17, 15) is 8.42 Å². The van der Waals surface area contributed by atoms with Gasteiger partial charge in [0.05, 0.1) is 4.90 Å². The van der Waals surface area contributed by atoms with Gasteiger partial charge in [0.1, 0.15) is 0 Å². The van der Waals surface area contributed by atoms with Gasteiger partial charge in [-0.05, 0) is 53.4 Å². The van der Waals surface area contributed by atoms with Crippen LogP contribution in [0.3, 0.4) is 0 Å². The van der Waals surface area contributed by atoms with Crippen LogP contribution in [0, 0.1) is 5.92 Å². The van der Waals surface area contributed by atoms with Crippen LogP contribution in [-0.2, 0) is 10.0 Å². The molecule has 1 aromatic carbocycles. The van der Waals surface area contributed by atoms with E-state index >= 15 is 0 Å². The molecule has 3 N–H and O–H groups in total. The van der Waals surface area contributed by atoms with Gasteiger partial charge in [0.25, 0.3) is 0 Å². The molecule has 1 aliphatic rings. The van der Waals surface area contributed by atoms with Gasteiger partial charge in [0.15, 0.2) is 0 Å². The lowest BCUT2D eigenvalue weighted by Crippen LogP contribution is -2.44. The normalized spacial score (nSPS) is 23.1. The van der Waals surface area contributed by atoms with E-state index in [0.29, 0.717) is 11.0 Å². The molecule has 1 fully saturated rings. The molecule has 0 saturated heterocycles. The molecule has 1 saturated carbocycles. The number of halogens is 2. The lowest BCUT2D eigenvalue weighted by Gasteiger charge is -2.31. The second kappa shape index (κ2) is 7.75. The molecule has 0 aromatic heterocycles. The van der Waals surface area contributed by atoms with Crippen molar-refractivity contribution < 1.29 is 8.42 Å². The van der Waals surface area contributed by atoms with Crippen molar-refractivity contribution >= 4 is 38.4 Å². The predicted octanol–water partition coefficient (Wildman–Crippen LogP) is 2.67. The van der Waals surface area contributed by atoms with Crippen LogP contribution >= 0.6 is 28.3 Å². The van der Waals surface area contributed by atoms with Crippen LogP contribution in [0.5, 0.6) is 0 Å². The van der Waals surface area contributed by atoms with Gasteiger partial charge < -0.3 is 5.73 Å². The number of nitrogens with two attached hydrogens (primary N) is 1. The first kappa shape index (κ1) is 17.9. The van der Waals surface area contributed by atoms with Gasteiger partial charge in [-0.1, -0.05) is 25.0 Å². The standard InChI is InChI=1S/C13H19BrN2O2S.ClH/c14-11-6-2-4-8-13(11)19(17,18)16-12-7-3-1-5-10(12)9-15;/h2,4,6,8,10,12,16H,1,3,5,7,9,15H2;1H. The van der Waals surface area contributed by atoms with Gasteiger partial charge in [-0.15, -0.1) is 12.4 Å². The minimum atomic E-state index is -3.49. The Kier molecular flexibility index (Phi) is 6.94. The fraction of sp³-hybridized carbons (Fsp3) is 0.538. The first-order valence-electron chi connectivity index (χ1n) is 6.51. The average Bonchev–Trinajstić information content (AvgIpc) is 2.39. The number of sulfonamides is 1. The molecule has 2 rings (SSSR count). The summed E-state index contributed by atoms with van der Waals surface area (Å²) >= 11 is 3.29. The smallest absolute Gasteiger partial charge is 0.241 e. The highest BCUT2D eigenvalue weighted by Gasteiger charge is 2.29. The van der Waals surface area contributed by atoms with Crippen LogP contribution in [0.1, 0.15) is 25.7 Å². The van der Waals surface area contributed by atoms with E-state index in [1.54, 1.807) is 24.3 Å². The summed E-state index contributed by atoms with van der Waals surface area (Å²) in [5, 5.41) is 0. The molecule has 4 nitrogen and oxygen atoms in total. The molecule has 0 spiro atoms. The molecule has 0 radical (unpaired) electrons. The Morgan fingerprint density at radius 1 is 1.25 bits per heavy atom. The van der Waals surface area contributed by atoms with E-state index in [4.69, 9.17) is 5.73 Å². The number of rotatable bonds is 4. The summed E-state index contributed by atoms with van der Waals surface area (Å²) in [6, 6.07) is 6.81. The largest absolute Gasteiger partial charge is 0.330 e. The average molecular weight is 384 g/mol. The molecular weight excluding hydrogens is 364 g/mol. The van der Waals surface area contributed by atoms with E-state index in [0.717, 1.165) is 25.7 Å². The number of benzene rings is 1. The number of nitrogens with one attached hydrogen (secondary N) is 1. The Balaban J connectivity index is 0.00000200. The molecule has 0 bridgehead atoms. The first-order valence-corrected chi connectivity index (χ1v) is 8.79. The quantitative estimate of drug-likeness (QED) is 0.839. The predicted molar refractivity (Wildman–Crippen MR) is 86.5 cm³/mol. The Hall–Kier alpha value is -0.140. The summed E-state index contributed by atoms with van der Waals surface area (Å²) in [5.41, 5.74) is 5.74. The minimum Gasteiger partial charge on any atom is -0.330 e. The summed E-state index contributed by atoms with van der Waals surface area (Å²) in [4.78, 5) is 0.288. The zero-order chi connectivity index (χ0) is 13.9. The topological polar surface area (TPSA) is 72.2 Å². The summed E-state index contributed by atoms with van der Waals surface area (Å²) in [6.45, 7) is 0.531. The van der Waals surface area contributed by atoms with Crippen molar-refractivity contribution in [2.75, 3.05) is 6.54 Å². The van der Waals surface area contributed by atoms with E-state index in [1.165, 1.54) is 0 Å². The SMILES string of the molecule is Cl.NCC1CCCCC1NS(=O)(=O)c1ccccc1Br. The number of hydrogen-bond acceptors (Lipinski definition) is 3. The Labute approximate surface area is 135 Å². The van der Waals surface area contributed by atoms with Crippen LogP contribution in [0.15, 0.2) is 33.6 Å². The van der Waals surface area contributed by atoms with Gasteiger partial charge in [0, 0.05) is 10.5 Å². The molecule has 2 unspecified atom stereocenters. The van der Waals surface area contributed by atoms with Crippen molar-refractivity contribution in [2.45, 2.75) is 36.6 Å². The second-order valence-electron chi connectivity index (χ2n) is 4.94. The van der Waals surface area contributed by atoms with Crippen molar-refractivity contribution in [1.82, 2.24) is 4.72 Å². The van der Waals surface area contributed by atoms with Crippen molar-refractivity contribution in [2.24, 2.45) is 11.7 Å². The summed E-state index contributed by atoms with van der Waals surface area (Å²) in [7, 11) is -3.49. The highest BCUT2D eigenvalue weighted by molar-refractivity contribution is 9.10. The molecule has 114 valence electrons. The van der Waals surface area contributed by atoms with E-state index in [1.807, 2.05) is 0 Å². The molecule has 0 amide bonds. The molecule has 7 heteroatoms. The maximum absolute atomic E-state index is 12.4. The van der Waals surface area contributed by atoms with E-state index < -0.39 is 10.0 Å².